The number of aromatic nitrogens is 3. The molecule has 0 radical (unpaired) electrons. The Hall–Kier alpha value is -2.58. The summed E-state index contributed by atoms with van der Waals surface area (Å²) in [5.74, 6) is -0.200. The standard InChI is InChI=1S/C18H20F3N5O/c19-6-7-22-15-3-4-16-23-17(11-1-2-11)13(26(16)24-15)10-25-8-5-12(18(25)27)9-14(20)21/h3-4,9,11-12H,1-2,5-8,10H2,(H,22,24). The van der Waals surface area contributed by atoms with Gasteiger partial charge >= 0.3 is 0 Å². The lowest BCUT2D eigenvalue weighted by atomic mass is 10.1. The fraction of sp³-hybridized carbons (Fsp3) is 0.500. The van der Waals surface area contributed by atoms with Gasteiger partial charge in [0, 0.05) is 19.0 Å². The molecule has 1 unspecified atom stereocenters. The van der Waals surface area contributed by atoms with Crippen molar-refractivity contribution in [1.29, 1.82) is 0 Å². The average molecular weight is 379 g/mol. The zero-order valence-electron chi connectivity index (χ0n) is 14.7. The van der Waals surface area contributed by atoms with Gasteiger partial charge in [-0.2, -0.15) is 8.78 Å². The van der Waals surface area contributed by atoms with E-state index >= 15 is 0 Å². The van der Waals surface area contributed by atoms with Gasteiger partial charge in [0.2, 0.25) is 5.91 Å². The van der Waals surface area contributed by atoms with E-state index < -0.39 is 18.7 Å². The second kappa shape index (κ2) is 7.21. The van der Waals surface area contributed by atoms with Crippen molar-refractivity contribution in [1.82, 2.24) is 19.5 Å². The van der Waals surface area contributed by atoms with Crippen LogP contribution in [0.4, 0.5) is 19.0 Å². The molecule has 1 N–H and O–H groups in total. The number of anilines is 1. The zero-order chi connectivity index (χ0) is 19.0. The summed E-state index contributed by atoms with van der Waals surface area (Å²) in [6.45, 7) is 0.353. The van der Waals surface area contributed by atoms with Crippen LogP contribution in [0, 0.1) is 5.92 Å². The first-order valence-electron chi connectivity index (χ1n) is 9.07. The van der Waals surface area contributed by atoms with E-state index in [4.69, 9.17) is 0 Å². The molecule has 4 rings (SSSR count). The number of carbonyl (C=O) groups is 1. The largest absolute Gasteiger partial charge is 0.366 e. The first-order valence-corrected chi connectivity index (χ1v) is 9.07. The molecule has 0 bridgehead atoms. The Morgan fingerprint density at radius 1 is 1.30 bits per heavy atom. The van der Waals surface area contributed by atoms with Gasteiger partial charge < -0.3 is 10.2 Å². The van der Waals surface area contributed by atoms with Crippen molar-refractivity contribution in [2.75, 3.05) is 25.1 Å². The second-order valence-corrected chi connectivity index (χ2v) is 6.93. The molecule has 2 aromatic heterocycles. The molecule has 3 heterocycles. The van der Waals surface area contributed by atoms with Crippen LogP contribution in [0.15, 0.2) is 24.3 Å². The van der Waals surface area contributed by atoms with E-state index in [1.54, 1.807) is 21.5 Å². The van der Waals surface area contributed by atoms with Crippen LogP contribution >= 0.6 is 0 Å². The molecule has 144 valence electrons. The SMILES string of the molecule is O=C1C(C=C(F)F)CCN1Cc1c(C2CC2)nc2ccc(NCCF)nn12. The van der Waals surface area contributed by atoms with Gasteiger partial charge in [-0.1, -0.05) is 0 Å². The monoisotopic (exact) mass is 379 g/mol. The highest BCUT2D eigenvalue weighted by Gasteiger charge is 2.35. The van der Waals surface area contributed by atoms with Crippen LogP contribution in [0.25, 0.3) is 5.65 Å². The highest BCUT2D eigenvalue weighted by molar-refractivity contribution is 5.82. The van der Waals surface area contributed by atoms with Crippen LogP contribution < -0.4 is 5.32 Å². The van der Waals surface area contributed by atoms with Crippen molar-refractivity contribution in [2.24, 2.45) is 5.92 Å². The Morgan fingerprint density at radius 2 is 2.11 bits per heavy atom. The lowest BCUT2D eigenvalue weighted by Crippen LogP contribution is -2.27. The van der Waals surface area contributed by atoms with Crippen molar-refractivity contribution in [3.05, 3.63) is 35.7 Å². The summed E-state index contributed by atoms with van der Waals surface area (Å²) in [5.41, 5.74) is 2.37. The fourth-order valence-electron chi connectivity index (χ4n) is 3.50. The maximum Gasteiger partial charge on any atom is 0.267 e. The molecule has 1 atom stereocenters. The molecule has 1 aliphatic carbocycles. The van der Waals surface area contributed by atoms with Crippen molar-refractivity contribution in [3.8, 4) is 0 Å². The lowest BCUT2D eigenvalue weighted by Gasteiger charge is -2.17. The molecule has 0 aromatic carbocycles. The molecular formula is C18H20F3N5O. The normalized spacial score (nSPS) is 19.7. The summed E-state index contributed by atoms with van der Waals surface area (Å²) in [7, 11) is 0. The van der Waals surface area contributed by atoms with Gasteiger partial charge in [-0.25, -0.2) is 13.9 Å². The predicted octanol–water partition coefficient (Wildman–Crippen LogP) is 3.12. The van der Waals surface area contributed by atoms with E-state index in [0.717, 1.165) is 30.3 Å². The number of rotatable bonds is 7. The quantitative estimate of drug-likeness (QED) is 0.803. The first kappa shape index (κ1) is 17.8. The minimum absolute atomic E-state index is 0.158. The first-order chi connectivity index (χ1) is 13.1. The number of nitrogens with one attached hydrogen (secondary N) is 1. The van der Waals surface area contributed by atoms with Crippen LogP contribution in [-0.2, 0) is 11.3 Å². The summed E-state index contributed by atoms with van der Waals surface area (Å²) in [4.78, 5) is 18.7. The number of hydrogen-bond acceptors (Lipinski definition) is 4. The maximum atomic E-state index is 12.5. The molecule has 1 amide bonds. The third-order valence-corrected chi connectivity index (χ3v) is 4.97. The van der Waals surface area contributed by atoms with Gasteiger partial charge in [0.1, 0.15) is 12.5 Å². The van der Waals surface area contributed by atoms with E-state index in [1.165, 1.54) is 0 Å². The number of nitrogens with zero attached hydrogens (tertiary/aromatic N) is 4. The zero-order valence-corrected chi connectivity index (χ0v) is 14.7. The Labute approximate surface area is 154 Å². The predicted molar refractivity (Wildman–Crippen MR) is 93.2 cm³/mol. The van der Waals surface area contributed by atoms with Crippen molar-refractivity contribution in [3.63, 3.8) is 0 Å². The molecule has 9 heteroatoms. The number of alkyl halides is 1. The van der Waals surface area contributed by atoms with E-state index in [-0.39, 0.29) is 19.0 Å². The van der Waals surface area contributed by atoms with Crippen LogP contribution in [-0.4, -0.2) is 45.2 Å². The molecule has 2 aliphatic rings. The number of hydrogen-bond donors (Lipinski definition) is 1. The number of likely N-dealkylation sites (tertiary alicyclic amines) is 1. The molecule has 6 nitrogen and oxygen atoms in total. The van der Waals surface area contributed by atoms with E-state index in [2.05, 4.69) is 15.4 Å². The third-order valence-electron chi connectivity index (χ3n) is 4.97. The lowest BCUT2D eigenvalue weighted by molar-refractivity contribution is -0.130. The molecule has 1 aliphatic heterocycles. The van der Waals surface area contributed by atoms with Gasteiger partial charge in [-0.3, -0.25) is 4.79 Å². The Kier molecular flexibility index (Phi) is 4.75. The topological polar surface area (TPSA) is 62.5 Å². The Balaban J connectivity index is 1.64. The molecule has 2 aromatic rings. The summed E-state index contributed by atoms with van der Waals surface area (Å²) < 4.78 is 39.2. The van der Waals surface area contributed by atoms with Crippen LogP contribution in [0.5, 0.6) is 0 Å². The van der Waals surface area contributed by atoms with E-state index in [0.29, 0.717) is 30.3 Å². The van der Waals surface area contributed by atoms with Crippen molar-refractivity contribution < 1.29 is 18.0 Å². The van der Waals surface area contributed by atoms with E-state index in [9.17, 15) is 18.0 Å². The molecule has 2 fully saturated rings. The Morgan fingerprint density at radius 3 is 2.81 bits per heavy atom. The van der Waals surface area contributed by atoms with Crippen molar-refractivity contribution >= 4 is 17.4 Å². The number of carbonyl (C=O) groups excluding carboxylic acids is 1. The number of fused-ring (bicyclic) bond motifs is 1. The van der Waals surface area contributed by atoms with Crippen LogP contribution in [0.3, 0.4) is 0 Å². The minimum atomic E-state index is -1.83. The fourth-order valence-corrected chi connectivity index (χ4v) is 3.50. The molecule has 1 saturated heterocycles. The summed E-state index contributed by atoms with van der Waals surface area (Å²) in [5, 5.41) is 7.38. The van der Waals surface area contributed by atoms with Gasteiger partial charge in [-0.05, 0) is 37.5 Å². The molecule has 0 spiro atoms. The average Bonchev–Trinajstić information content (AvgIpc) is 3.36. The van der Waals surface area contributed by atoms with Gasteiger partial charge in [0.25, 0.3) is 6.08 Å². The van der Waals surface area contributed by atoms with Crippen LogP contribution in [0.1, 0.15) is 36.6 Å². The molecule has 27 heavy (non-hydrogen) atoms. The summed E-state index contributed by atoms with van der Waals surface area (Å²) in [6, 6.07) is 3.54. The van der Waals surface area contributed by atoms with E-state index in [1.807, 2.05) is 0 Å². The van der Waals surface area contributed by atoms with Crippen LogP contribution in [0.2, 0.25) is 0 Å². The van der Waals surface area contributed by atoms with Gasteiger partial charge in [-0.15, -0.1) is 5.10 Å². The maximum absolute atomic E-state index is 12.5. The molecule has 1 saturated carbocycles. The van der Waals surface area contributed by atoms with Crippen molar-refractivity contribution in [2.45, 2.75) is 31.7 Å². The Bertz CT molecular complexity index is 888. The molecular weight excluding hydrogens is 359 g/mol. The third kappa shape index (κ3) is 3.63. The smallest absolute Gasteiger partial charge is 0.267 e. The number of halogens is 3. The summed E-state index contributed by atoms with van der Waals surface area (Å²) >= 11 is 0. The number of imidazole rings is 1. The second-order valence-electron chi connectivity index (χ2n) is 6.93. The van der Waals surface area contributed by atoms with Gasteiger partial charge in [0.05, 0.1) is 23.9 Å². The highest BCUT2D eigenvalue weighted by atomic mass is 19.3. The number of amides is 1. The minimum Gasteiger partial charge on any atom is -0.366 e. The van der Waals surface area contributed by atoms with Gasteiger partial charge in [0.15, 0.2) is 5.65 Å². The summed E-state index contributed by atoms with van der Waals surface area (Å²) in [6.07, 6.45) is 1.36. The highest BCUT2D eigenvalue weighted by Crippen LogP contribution is 2.42.